The molecular weight excluding hydrogens is 356 g/mol. The van der Waals surface area contributed by atoms with Crippen molar-refractivity contribution in [3.63, 3.8) is 0 Å². The zero-order valence-electron chi connectivity index (χ0n) is 15.9. The first-order valence-corrected chi connectivity index (χ1v) is 9.60. The molecule has 2 aromatic rings. The number of quaternary nitrogens is 1. The van der Waals surface area contributed by atoms with Crippen LogP contribution in [0.2, 0.25) is 0 Å². The Kier molecular flexibility index (Phi) is 7.26. The molecule has 28 heavy (non-hydrogen) atoms. The van der Waals surface area contributed by atoms with Crippen LogP contribution in [0.3, 0.4) is 0 Å². The van der Waals surface area contributed by atoms with Gasteiger partial charge in [-0.05, 0) is 24.3 Å². The van der Waals surface area contributed by atoms with Crippen molar-refractivity contribution in [3.05, 3.63) is 60.7 Å². The summed E-state index contributed by atoms with van der Waals surface area (Å²) >= 11 is 0. The maximum absolute atomic E-state index is 12.0. The van der Waals surface area contributed by atoms with Crippen molar-refractivity contribution in [2.24, 2.45) is 0 Å². The fourth-order valence-corrected chi connectivity index (χ4v) is 3.16. The summed E-state index contributed by atoms with van der Waals surface area (Å²) in [4.78, 5) is 27.5. The Morgan fingerprint density at radius 1 is 0.893 bits per heavy atom. The van der Waals surface area contributed by atoms with Crippen LogP contribution in [0.4, 0.5) is 5.69 Å². The van der Waals surface area contributed by atoms with Gasteiger partial charge in [-0.2, -0.15) is 0 Å². The minimum Gasteiger partial charge on any atom is -0.484 e. The second-order valence-corrected chi connectivity index (χ2v) is 6.77. The van der Waals surface area contributed by atoms with E-state index in [2.05, 4.69) is 40.0 Å². The van der Waals surface area contributed by atoms with Gasteiger partial charge in [0.25, 0.3) is 5.91 Å². The van der Waals surface area contributed by atoms with Crippen LogP contribution in [0.25, 0.3) is 0 Å². The number of para-hydroxylation sites is 2. The van der Waals surface area contributed by atoms with Crippen LogP contribution in [-0.2, 0) is 9.59 Å². The average molecular weight is 383 g/mol. The van der Waals surface area contributed by atoms with Gasteiger partial charge in [-0.3, -0.25) is 20.4 Å². The lowest BCUT2D eigenvalue weighted by Crippen LogP contribution is -3.15. The highest BCUT2D eigenvalue weighted by Crippen LogP contribution is 2.12. The van der Waals surface area contributed by atoms with Crippen molar-refractivity contribution >= 4 is 17.5 Å². The molecule has 0 atom stereocenters. The number of hydrogen-bond acceptors (Lipinski definition) is 4. The Balaban J connectivity index is 1.28. The normalized spacial score (nSPS) is 14.4. The predicted molar refractivity (Wildman–Crippen MR) is 107 cm³/mol. The number of nitrogens with zero attached hydrogens (tertiary/aromatic N) is 1. The third-order valence-electron chi connectivity index (χ3n) is 4.75. The van der Waals surface area contributed by atoms with Crippen LogP contribution in [0.15, 0.2) is 60.7 Å². The molecule has 2 amide bonds. The Labute approximate surface area is 165 Å². The van der Waals surface area contributed by atoms with Gasteiger partial charge in [0.2, 0.25) is 5.91 Å². The largest absolute Gasteiger partial charge is 0.484 e. The number of hydrazine groups is 1. The summed E-state index contributed by atoms with van der Waals surface area (Å²) in [7, 11) is 0. The smallest absolute Gasteiger partial charge is 0.276 e. The molecule has 0 saturated carbocycles. The molecule has 1 saturated heterocycles. The summed E-state index contributed by atoms with van der Waals surface area (Å²) < 4.78 is 5.33. The maximum atomic E-state index is 12.0. The Hall–Kier alpha value is -3.06. The van der Waals surface area contributed by atoms with Crippen LogP contribution in [0.5, 0.6) is 5.75 Å². The highest BCUT2D eigenvalue weighted by molar-refractivity contribution is 5.82. The van der Waals surface area contributed by atoms with Crippen LogP contribution in [0.1, 0.15) is 6.42 Å². The quantitative estimate of drug-likeness (QED) is 0.589. The lowest BCUT2D eigenvalue weighted by molar-refractivity contribution is -0.900. The highest BCUT2D eigenvalue weighted by atomic mass is 16.5. The first-order chi connectivity index (χ1) is 13.7. The maximum Gasteiger partial charge on any atom is 0.276 e. The molecule has 0 bridgehead atoms. The second kappa shape index (κ2) is 10.3. The minimum atomic E-state index is -0.388. The standard InChI is InChI=1S/C21H26N4O3/c26-20(22-23-21(27)17-28-19-9-5-2-6-10-19)11-12-24-13-15-25(16-14-24)18-7-3-1-4-8-18/h1-10H,11-17H2,(H,22,26)(H,23,27)/p+1. The SMILES string of the molecule is O=C(CC[NH+]1CCN(c2ccccc2)CC1)NNC(=O)COc1ccccc1. The number of anilines is 1. The third kappa shape index (κ3) is 6.28. The Morgan fingerprint density at radius 3 is 2.18 bits per heavy atom. The van der Waals surface area contributed by atoms with Crippen LogP contribution in [0, 0.1) is 0 Å². The van der Waals surface area contributed by atoms with Crippen molar-refractivity contribution in [1.29, 1.82) is 0 Å². The molecule has 3 rings (SSSR count). The Bertz CT molecular complexity index is 747. The number of piperazine rings is 1. The van der Waals surface area contributed by atoms with Crippen LogP contribution < -0.4 is 25.4 Å². The van der Waals surface area contributed by atoms with E-state index in [1.807, 2.05) is 24.3 Å². The molecule has 148 valence electrons. The number of rotatable bonds is 7. The van der Waals surface area contributed by atoms with Gasteiger partial charge in [0.15, 0.2) is 6.61 Å². The minimum absolute atomic E-state index is 0.142. The third-order valence-corrected chi connectivity index (χ3v) is 4.75. The molecule has 0 radical (unpaired) electrons. The van der Waals surface area contributed by atoms with E-state index in [4.69, 9.17) is 4.74 Å². The number of ether oxygens (including phenoxy) is 1. The molecule has 0 spiro atoms. The van der Waals surface area contributed by atoms with E-state index in [1.165, 1.54) is 10.6 Å². The monoisotopic (exact) mass is 383 g/mol. The molecular formula is C21H27N4O3+. The zero-order chi connectivity index (χ0) is 19.6. The van der Waals surface area contributed by atoms with E-state index in [0.29, 0.717) is 12.2 Å². The second-order valence-electron chi connectivity index (χ2n) is 6.77. The number of carbonyl (C=O) groups excluding carboxylic acids is 2. The van der Waals surface area contributed by atoms with E-state index in [-0.39, 0.29) is 18.4 Å². The first kappa shape index (κ1) is 19.7. The Morgan fingerprint density at radius 2 is 1.50 bits per heavy atom. The van der Waals surface area contributed by atoms with Gasteiger partial charge >= 0.3 is 0 Å². The molecule has 3 N–H and O–H groups in total. The highest BCUT2D eigenvalue weighted by Gasteiger charge is 2.20. The number of amides is 2. The van der Waals surface area contributed by atoms with Crippen LogP contribution in [-0.4, -0.2) is 51.1 Å². The van der Waals surface area contributed by atoms with Crippen molar-refractivity contribution in [1.82, 2.24) is 10.9 Å². The van der Waals surface area contributed by atoms with Gasteiger partial charge in [-0.1, -0.05) is 36.4 Å². The lowest BCUT2D eigenvalue weighted by Gasteiger charge is -2.33. The van der Waals surface area contributed by atoms with E-state index < -0.39 is 0 Å². The lowest BCUT2D eigenvalue weighted by atomic mass is 10.2. The van der Waals surface area contributed by atoms with Crippen LogP contribution >= 0.6 is 0 Å². The molecule has 1 heterocycles. The van der Waals surface area contributed by atoms with E-state index in [1.54, 1.807) is 12.1 Å². The van der Waals surface area contributed by atoms with E-state index in [0.717, 1.165) is 32.7 Å². The number of hydrogen-bond donors (Lipinski definition) is 3. The van der Waals surface area contributed by atoms with E-state index >= 15 is 0 Å². The zero-order valence-corrected chi connectivity index (χ0v) is 15.9. The number of benzene rings is 2. The van der Waals surface area contributed by atoms with Gasteiger partial charge in [0.1, 0.15) is 5.75 Å². The van der Waals surface area contributed by atoms with Crippen molar-refractivity contribution in [2.75, 3.05) is 44.2 Å². The molecule has 1 fully saturated rings. The van der Waals surface area contributed by atoms with Crippen molar-refractivity contribution in [3.8, 4) is 5.75 Å². The molecule has 2 aromatic carbocycles. The van der Waals surface area contributed by atoms with Crippen molar-refractivity contribution < 1.29 is 19.2 Å². The molecule has 0 aromatic heterocycles. The molecule has 0 aliphatic carbocycles. The summed E-state index contributed by atoms with van der Waals surface area (Å²) in [6.45, 7) is 4.57. The molecule has 1 aliphatic heterocycles. The summed E-state index contributed by atoms with van der Waals surface area (Å²) in [5.74, 6) is 0.0364. The fraction of sp³-hybridized carbons (Fsp3) is 0.333. The number of nitrogens with one attached hydrogen (secondary N) is 3. The van der Waals surface area contributed by atoms with Gasteiger partial charge in [0.05, 0.1) is 39.1 Å². The van der Waals surface area contributed by atoms with Gasteiger partial charge in [-0.25, -0.2) is 0 Å². The molecule has 0 unspecified atom stereocenters. The topological polar surface area (TPSA) is 75.1 Å². The summed E-state index contributed by atoms with van der Waals surface area (Å²) in [5, 5.41) is 0. The molecule has 1 aliphatic rings. The fourth-order valence-electron chi connectivity index (χ4n) is 3.16. The average Bonchev–Trinajstić information content (AvgIpc) is 2.76. The van der Waals surface area contributed by atoms with Gasteiger partial charge in [0, 0.05) is 5.69 Å². The molecule has 7 heteroatoms. The molecule has 7 nitrogen and oxygen atoms in total. The van der Waals surface area contributed by atoms with Crippen molar-refractivity contribution in [2.45, 2.75) is 6.42 Å². The summed E-state index contributed by atoms with van der Waals surface area (Å²) in [6.07, 6.45) is 0.375. The first-order valence-electron chi connectivity index (χ1n) is 9.60. The van der Waals surface area contributed by atoms with Gasteiger partial charge < -0.3 is 14.5 Å². The van der Waals surface area contributed by atoms with Gasteiger partial charge in [-0.15, -0.1) is 0 Å². The number of carbonyl (C=O) groups is 2. The summed E-state index contributed by atoms with van der Waals surface area (Å²) in [6, 6.07) is 19.5. The van der Waals surface area contributed by atoms with E-state index in [9.17, 15) is 9.59 Å². The predicted octanol–water partition coefficient (Wildman–Crippen LogP) is 0.00800. The summed E-state index contributed by atoms with van der Waals surface area (Å²) in [5.41, 5.74) is 6.09.